The number of rotatable bonds is 0. The zero-order chi connectivity index (χ0) is 8.39. The largest absolute Gasteiger partial charge is 0.491 e. The molecule has 61 valence electrons. The van der Waals surface area contributed by atoms with E-state index in [1.54, 1.807) is 0 Å². The van der Waals surface area contributed by atoms with Gasteiger partial charge in [0.15, 0.2) is 0 Å². The third-order valence-corrected chi connectivity index (χ3v) is 1.85. The molecular formula is C10H10NO. The van der Waals surface area contributed by atoms with Gasteiger partial charge in [0.05, 0.1) is 6.54 Å². The van der Waals surface area contributed by atoms with Crippen LogP contribution >= 0.6 is 0 Å². The molecule has 12 heavy (non-hydrogen) atoms. The average Bonchev–Trinajstić information content (AvgIpc) is 2.29. The summed E-state index contributed by atoms with van der Waals surface area (Å²) in [5.74, 6) is 0.892. The number of hydrogen-bond acceptors (Lipinski definition) is 2. The summed E-state index contributed by atoms with van der Waals surface area (Å²) in [4.78, 5) is 4.25. The Labute approximate surface area is 71.9 Å². The molecule has 0 aliphatic carbocycles. The first-order valence-electron chi connectivity index (χ1n) is 3.96. The molecule has 2 heteroatoms. The molecule has 1 radical (unpaired) electrons. The summed E-state index contributed by atoms with van der Waals surface area (Å²) < 4.78 is 5.46. The van der Waals surface area contributed by atoms with Gasteiger partial charge in [0.25, 0.3) is 0 Å². The predicted octanol–water partition coefficient (Wildman–Crippen LogP) is 1.70. The molecule has 2 rings (SSSR count). The molecule has 2 nitrogen and oxygen atoms in total. The molecule has 0 spiro atoms. The molecule has 0 saturated heterocycles. The van der Waals surface area contributed by atoms with Gasteiger partial charge in [0.1, 0.15) is 12.4 Å². The summed E-state index contributed by atoms with van der Waals surface area (Å²) >= 11 is 0. The number of hydrogen-bond donors (Lipinski definition) is 0. The maximum absolute atomic E-state index is 5.46. The molecule has 0 saturated carbocycles. The normalized spacial score (nSPS) is 15.6. The van der Waals surface area contributed by atoms with Gasteiger partial charge < -0.3 is 4.74 Å². The SMILES string of the molecule is [CH2]C1=NCCOc2ccccc21. The van der Waals surface area contributed by atoms with Crippen molar-refractivity contribution in [3.05, 3.63) is 36.8 Å². The van der Waals surface area contributed by atoms with Gasteiger partial charge in [-0.1, -0.05) is 12.1 Å². The Kier molecular flexibility index (Phi) is 1.82. The molecule has 1 aliphatic rings. The topological polar surface area (TPSA) is 21.6 Å². The van der Waals surface area contributed by atoms with Gasteiger partial charge in [0, 0.05) is 11.3 Å². The van der Waals surface area contributed by atoms with Gasteiger partial charge in [-0.2, -0.15) is 0 Å². The first-order chi connectivity index (χ1) is 5.88. The summed E-state index contributed by atoms with van der Waals surface area (Å²) in [7, 11) is 0. The summed E-state index contributed by atoms with van der Waals surface area (Å²) in [6.07, 6.45) is 0. The van der Waals surface area contributed by atoms with Crippen LogP contribution in [0.5, 0.6) is 5.75 Å². The minimum Gasteiger partial charge on any atom is -0.491 e. The van der Waals surface area contributed by atoms with Crippen LogP contribution in [0.3, 0.4) is 0 Å². The minimum absolute atomic E-state index is 0.649. The highest BCUT2D eigenvalue weighted by Gasteiger charge is 2.08. The predicted molar refractivity (Wildman–Crippen MR) is 48.7 cm³/mol. The van der Waals surface area contributed by atoms with Crippen LogP contribution in [0.4, 0.5) is 0 Å². The lowest BCUT2D eigenvalue weighted by molar-refractivity contribution is 0.331. The third kappa shape index (κ3) is 1.20. The van der Waals surface area contributed by atoms with E-state index in [4.69, 9.17) is 4.74 Å². The Morgan fingerprint density at radius 1 is 1.33 bits per heavy atom. The van der Waals surface area contributed by atoms with Gasteiger partial charge in [-0.3, -0.25) is 4.99 Å². The first-order valence-corrected chi connectivity index (χ1v) is 3.96. The number of aliphatic imine (C=N–C) groups is 1. The van der Waals surface area contributed by atoms with Crippen molar-refractivity contribution >= 4 is 5.71 Å². The van der Waals surface area contributed by atoms with Gasteiger partial charge in [0.2, 0.25) is 0 Å². The van der Waals surface area contributed by atoms with Crippen LogP contribution in [0.15, 0.2) is 29.3 Å². The van der Waals surface area contributed by atoms with Crippen LogP contribution < -0.4 is 4.74 Å². The molecule has 0 fully saturated rings. The fraction of sp³-hybridized carbons (Fsp3) is 0.200. The number of fused-ring (bicyclic) bond motifs is 1. The van der Waals surface area contributed by atoms with E-state index < -0.39 is 0 Å². The maximum Gasteiger partial charge on any atom is 0.128 e. The second-order valence-electron chi connectivity index (χ2n) is 2.67. The highest BCUT2D eigenvalue weighted by atomic mass is 16.5. The van der Waals surface area contributed by atoms with Crippen LogP contribution in [0.25, 0.3) is 0 Å². The number of para-hydroxylation sites is 1. The molecule has 0 unspecified atom stereocenters. The number of ether oxygens (including phenoxy) is 1. The van der Waals surface area contributed by atoms with E-state index in [0.29, 0.717) is 13.2 Å². The maximum atomic E-state index is 5.46. The van der Waals surface area contributed by atoms with E-state index in [-0.39, 0.29) is 0 Å². The van der Waals surface area contributed by atoms with Crippen molar-refractivity contribution in [2.45, 2.75) is 0 Å². The number of nitrogens with zero attached hydrogens (tertiary/aromatic N) is 1. The smallest absolute Gasteiger partial charge is 0.128 e. The molecule has 0 bridgehead atoms. The summed E-state index contributed by atoms with van der Waals surface area (Å²) in [5.41, 5.74) is 1.83. The first kappa shape index (κ1) is 7.35. The van der Waals surface area contributed by atoms with Gasteiger partial charge in [-0.25, -0.2) is 0 Å². The zero-order valence-electron chi connectivity index (χ0n) is 6.79. The van der Waals surface area contributed by atoms with Crippen molar-refractivity contribution in [2.24, 2.45) is 4.99 Å². The Bertz CT molecular complexity index is 317. The molecule has 0 aromatic heterocycles. The standard InChI is InChI=1S/C10H10NO/c1-8-9-4-2-3-5-10(9)12-7-6-11-8/h2-5H,1,6-7H2. The van der Waals surface area contributed by atoms with Gasteiger partial charge >= 0.3 is 0 Å². The summed E-state index contributed by atoms with van der Waals surface area (Å²) in [5, 5.41) is 0. The fourth-order valence-corrected chi connectivity index (χ4v) is 1.25. The summed E-state index contributed by atoms with van der Waals surface area (Å²) in [6, 6.07) is 7.85. The Hall–Kier alpha value is -1.31. The van der Waals surface area contributed by atoms with Crippen LogP contribution in [0.1, 0.15) is 5.56 Å². The van der Waals surface area contributed by atoms with E-state index in [0.717, 1.165) is 17.0 Å². The van der Waals surface area contributed by atoms with Crippen LogP contribution in [-0.4, -0.2) is 18.9 Å². The van der Waals surface area contributed by atoms with E-state index >= 15 is 0 Å². The van der Waals surface area contributed by atoms with Crippen molar-refractivity contribution in [3.63, 3.8) is 0 Å². The molecule has 1 aromatic rings. The van der Waals surface area contributed by atoms with Crippen molar-refractivity contribution in [3.8, 4) is 5.75 Å². The van der Waals surface area contributed by atoms with Crippen LogP contribution in [-0.2, 0) is 0 Å². The highest BCUT2D eigenvalue weighted by molar-refractivity contribution is 6.06. The second-order valence-corrected chi connectivity index (χ2v) is 2.67. The lowest BCUT2D eigenvalue weighted by Crippen LogP contribution is -1.98. The van der Waals surface area contributed by atoms with Crippen molar-refractivity contribution in [2.75, 3.05) is 13.2 Å². The average molecular weight is 160 g/mol. The lowest BCUT2D eigenvalue weighted by Gasteiger charge is -2.05. The van der Waals surface area contributed by atoms with E-state index in [2.05, 4.69) is 11.9 Å². The highest BCUT2D eigenvalue weighted by Crippen LogP contribution is 2.20. The minimum atomic E-state index is 0.649. The van der Waals surface area contributed by atoms with Crippen LogP contribution in [0, 0.1) is 6.92 Å². The summed E-state index contributed by atoms with van der Waals surface area (Å²) in [6.45, 7) is 5.22. The Balaban J connectivity index is 2.51. The molecular weight excluding hydrogens is 150 g/mol. The lowest BCUT2D eigenvalue weighted by atomic mass is 10.1. The van der Waals surface area contributed by atoms with E-state index in [1.165, 1.54) is 0 Å². The van der Waals surface area contributed by atoms with Crippen molar-refractivity contribution in [1.29, 1.82) is 0 Å². The molecule has 0 N–H and O–H groups in total. The van der Waals surface area contributed by atoms with Gasteiger partial charge in [-0.05, 0) is 19.1 Å². The van der Waals surface area contributed by atoms with Crippen molar-refractivity contribution < 1.29 is 4.74 Å². The van der Waals surface area contributed by atoms with Gasteiger partial charge in [-0.15, -0.1) is 0 Å². The van der Waals surface area contributed by atoms with E-state index in [9.17, 15) is 0 Å². The van der Waals surface area contributed by atoms with E-state index in [1.807, 2.05) is 24.3 Å². The molecule has 1 aliphatic heterocycles. The van der Waals surface area contributed by atoms with Crippen molar-refractivity contribution in [1.82, 2.24) is 0 Å². The Morgan fingerprint density at radius 3 is 3.08 bits per heavy atom. The monoisotopic (exact) mass is 160 g/mol. The molecule has 0 amide bonds. The molecule has 1 aromatic carbocycles. The molecule has 1 heterocycles. The third-order valence-electron chi connectivity index (χ3n) is 1.85. The fourth-order valence-electron chi connectivity index (χ4n) is 1.25. The van der Waals surface area contributed by atoms with Crippen LogP contribution in [0.2, 0.25) is 0 Å². The molecule has 0 atom stereocenters. The quantitative estimate of drug-likeness (QED) is 0.566. The Morgan fingerprint density at radius 2 is 2.17 bits per heavy atom. The second kappa shape index (κ2) is 2.97. The number of benzene rings is 1. The zero-order valence-corrected chi connectivity index (χ0v) is 6.79.